The first-order valence-corrected chi connectivity index (χ1v) is 4.43. The van der Waals surface area contributed by atoms with Gasteiger partial charge in [-0.2, -0.15) is 0 Å². The zero-order valence-corrected chi connectivity index (χ0v) is 8.01. The first-order chi connectivity index (χ1) is 7.54. The van der Waals surface area contributed by atoms with E-state index in [2.05, 4.69) is 0 Å². The Labute approximate surface area is 89.5 Å². The van der Waals surface area contributed by atoms with Gasteiger partial charge >= 0.3 is 0 Å². The molecule has 5 heteroatoms. The zero-order chi connectivity index (χ0) is 11.9. The van der Waals surface area contributed by atoms with E-state index in [0.29, 0.717) is 0 Å². The Morgan fingerprint density at radius 3 is 2.00 bits per heavy atom. The summed E-state index contributed by atoms with van der Waals surface area (Å²) in [6.07, 6.45) is 0. The van der Waals surface area contributed by atoms with E-state index in [1.54, 1.807) is 0 Å². The molecule has 2 aromatic carbocycles. The third-order valence-electron chi connectivity index (χ3n) is 2.30. The van der Waals surface area contributed by atoms with Gasteiger partial charge in [-0.1, -0.05) is 18.2 Å². The summed E-state index contributed by atoms with van der Waals surface area (Å²) < 4.78 is 0. The van der Waals surface area contributed by atoms with Crippen molar-refractivity contribution >= 4 is 10.8 Å². The third kappa shape index (κ3) is 1.22. The molecule has 16 heavy (non-hydrogen) atoms. The van der Waals surface area contributed by atoms with Crippen LogP contribution in [0.15, 0.2) is 29.1 Å². The molecule has 0 radical (unpaired) electrons. The number of benzene rings is 1. The normalized spacial score (nSPS) is 10.5. The molecule has 0 spiro atoms. The number of aromatic hydroxyl groups is 4. The van der Waals surface area contributed by atoms with Crippen LogP contribution in [0.4, 0.5) is 0 Å². The molecule has 0 heterocycles. The summed E-state index contributed by atoms with van der Waals surface area (Å²) in [4.78, 5) is 11.6. The van der Waals surface area contributed by atoms with E-state index < -0.39 is 28.4 Å². The van der Waals surface area contributed by atoms with Gasteiger partial charge in [0.1, 0.15) is 0 Å². The van der Waals surface area contributed by atoms with Crippen LogP contribution in [0.25, 0.3) is 10.8 Å². The Balaban J connectivity index is 3.20. The van der Waals surface area contributed by atoms with Crippen LogP contribution >= 0.6 is 0 Å². The van der Waals surface area contributed by atoms with Gasteiger partial charge in [-0.3, -0.25) is 4.79 Å². The van der Waals surface area contributed by atoms with Gasteiger partial charge < -0.3 is 20.4 Å². The SMILES string of the molecule is O=c1ccccc2c(O)c(O)c(O)c(O)c12. The van der Waals surface area contributed by atoms with Crippen molar-refractivity contribution in [3.63, 3.8) is 0 Å². The van der Waals surface area contributed by atoms with Crippen LogP contribution in [-0.2, 0) is 0 Å². The first kappa shape index (κ1) is 10.1. The topological polar surface area (TPSA) is 98.0 Å². The second kappa shape index (κ2) is 3.30. The van der Waals surface area contributed by atoms with Crippen molar-refractivity contribution < 1.29 is 20.4 Å². The van der Waals surface area contributed by atoms with Gasteiger partial charge in [-0.05, 0) is 6.07 Å². The number of phenolic OH excluding ortho intramolecular Hbond substituents is 4. The lowest BCUT2D eigenvalue weighted by molar-refractivity contribution is 0.350. The smallest absolute Gasteiger partial charge is 0.205 e. The molecule has 4 N–H and O–H groups in total. The fourth-order valence-electron chi connectivity index (χ4n) is 1.51. The highest BCUT2D eigenvalue weighted by atomic mass is 16.3. The summed E-state index contributed by atoms with van der Waals surface area (Å²) >= 11 is 0. The van der Waals surface area contributed by atoms with Crippen molar-refractivity contribution in [3.8, 4) is 23.0 Å². The Bertz CT molecular complexity index is 633. The molecule has 0 aliphatic heterocycles. The maximum Gasteiger partial charge on any atom is 0.205 e. The lowest BCUT2D eigenvalue weighted by Gasteiger charge is -2.05. The van der Waals surface area contributed by atoms with Crippen LogP contribution in [0, 0.1) is 0 Å². The summed E-state index contributed by atoms with van der Waals surface area (Å²) in [5.74, 6) is -3.14. The Hall–Kier alpha value is -2.43. The number of hydrogen-bond donors (Lipinski definition) is 4. The summed E-state index contributed by atoms with van der Waals surface area (Å²) in [7, 11) is 0. The molecular formula is C11H8O5. The minimum Gasteiger partial charge on any atom is -0.504 e. The van der Waals surface area contributed by atoms with Crippen molar-refractivity contribution in [2.75, 3.05) is 0 Å². The quantitative estimate of drug-likeness (QED) is 0.392. The molecule has 0 saturated heterocycles. The molecule has 0 unspecified atom stereocenters. The van der Waals surface area contributed by atoms with Crippen LogP contribution < -0.4 is 5.43 Å². The molecule has 0 amide bonds. The van der Waals surface area contributed by atoms with Gasteiger partial charge in [0, 0.05) is 5.39 Å². The number of hydrogen-bond acceptors (Lipinski definition) is 5. The summed E-state index contributed by atoms with van der Waals surface area (Å²) in [5, 5.41) is 37.4. The van der Waals surface area contributed by atoms with E-state index in [4.69, 9.17) is 0 Å². The molecule has 0 aliphatic carbocycles. The maximum absolute atomic E-state index is 11.6. The summed E-state index contributed by atoms with van der Waals surface area (Å²) in [6, 6.07) is 5.43. The summed E-state index contributed by atoms with van der Waals surface area (Å²) in [5.41, 5.74) is -0.567. The second-order valence-corrected chi connectivity index (χ2v) is 3.27. The van der Waals surface area contributed by atoms with E-state index in [-0.39, 0.29) is 10.8 Å². The van der Waals surface area contributed by atoms with Crippen molar-refractivity contribution in [1.29, 1.82) is 0 Å². The first-order valence-electron chi connectivity index (χ1n) is 4.43. The average molecular weight is 220 g/mol. The molecule has 0 fully saturated rings. The van der Waals surface area contributed by atoms with Crippen molar-refractivity contribution in [1.82, 2.24) is 0 Å². The van der Waals surface area contributed by atoms with Gasteiger partial charge in [0.2, 0.25) is 11.5 Å². The summed E-state index contributed by atoms with van der Waals surface area (Å²) in [6.45, 7) is 0. The minimum absolute atomic E-state index is 0.0252. The average Bonchev–Trinajstić information content (AvgIpc) is 2.45. The molecule has 0 bridgehead atoms. The molecule has 0 aliphatic rings. The standard InChI is InChI=1S/C11H8O5/c12-6-4-2-1-3-5-7(6)9(14)11(16)10(15)8(5)13/h1-4,13-16H. The van der Waals surface area contributed by atoms with E-state index in [9.17, 15) is 25.2 Å². The highest BCUT2D eigenvalue weighted by molar-refractivity contribution is 5.97. The van der Waals surface area contributed by atoms with E-state index >= 15 is 0 Å². The predicted molar refractivity (Wildman–Crippen MR) is 56.9 cm³/mol. The number of fused-ring (bicyclic) bond motifs is 1. The number of rotatable bonds is 0. The fourth-order valence-corrected chi connectivity index (χ4v) is 1.51. The maximum atomic E-state index is 11.6. The van der Waals surface area contributed by atoms with Crippen molar-refractivity contribution in [2.24, 2.45) is 0 Å². The van der Waals surface area contributed by atoms with E-state index in [1.165, 1.54) is 24.3 Å². The van der Waals surface area contributed by atoms with Crippen LogP contribution in [-0.4, -0.2) is 20.4 Å². The third-order valence-corrected chi connectivity index (χ3v) is 2.30. The molecule has 0 atom stereocenters. The van der Waals surface area contributed by atoms with Crippen LogP contribution in [0.2, 0.25) is 0 Å². The molecular weight excluding hydrogens is 212 g/mol. The second-order valence-electron chi connectivity index (χ2n) is 3.27. The number of phenols is 4. The molecule has 2 aromatic rings. The highest BCUT2D eigenvalue weighted by Crippen LogP contribution is 2.46. The van der Waals surface area contributed by atoms with Crippen molar-refractivity contribution in [3.05, 3.63) is 34.5 Å². The van der Waals surface area contributed by atoms with Gasteiger partial charge in [0.15, 0.2) is 16.9 Å². The Morgan fingerprint density at radius 1 is 0.750 bits per heavy atom. The van der Waals surface area contributed by atoms with Gasteiger partial charge in [-0.15, -0.1) is 0 Å². The zero-order valence-electron chi connectivity index (χ0n) is 8.01. The van der Waals surface area contributed by atoms with Gasteiger partial charge in [0.25, 0.3) is 0 Å². The molecule has 0 saturated carbocycles. The Kier molecular flexibility index (Phi) is 2.09. The van der Waals surface area contributed by atoms with E-state index in [1.807, 2.05) is 0 Å². The minimum atomic E-state index is -0.909. The van der Waals surface area contributed by atoms with E-state index in [0.717, 1.165) is 0 Å². The lowest BCUT2D eigenvalue weighted by Crippen LogP contribution is -1.95. The van der Waals surface area contributed by atoms with Crippen LogP contribution in [0.1, 0.15) is 0 Å². The molecule has 82 valence electrons. The fraction of sp³-hybridized carbons (Fsp3) is 0. The van der Waals surface area contributed by atoms with Crippen LogP contribution in [0.3, 0.4) is 0 Å². The largest absolute Gasteiger partial charge is 0.504 e. The van der Waals surface area contributed by atoms with Gasteiger partial charge in [-0.25, -0.2) is 0 Å². The predicted octanol–water partition coefficient (Wildman–Crippen LogP) is 1.02. The van der Waals surface area contributed by atoms with Crippen molar-refractivity contribution in [2.45, 2.75) is 0 Å². The van der Waals surface area contributed by atoms with Gasteiger partial charge in [0.05, 0.1) is 5.39 Å². The molecule has 2 rings (SSSR count). The Morgan fingerprint density at radius 2 is 1.31 bits per heavy atom. The molecule has 5 nitrogen and oxygen atoms in total. The monoisotopic (exact) mass is 220 g/mol. The molecule has 0 aromatic heterocycles. The van der Waals surface area contributed by atoms with Crippen LogP contribution in [0.5, 0.6) is 23.0 Å². The highest BCUT2D eigenvalue weighted by Gasteiger charge is 2.18. The lowest BCUT2D eigenvalue weighted by atomic mass is 10.1.